The molecule has 172 valence electrons. The quantitative estimate of drug-likeness (QED) is 0.545. The third-order valence-electron chi connectivity index (χ3n) is 4.99. The van der Waals surface area contributed by atoms with E-state index in [2.05, 4.69) is 10.1 Å². The first-order chi connectivity index (χ1) is 14.8. The van der Waals surface area contributed by atoms with Gasteiger partial charge in [-0.05, 0) is 18.6 Å². The summed E-state index contributed by atoms with van der Waals surface area (Å²) in [5.41, 5.74) is -4.08. The van der Waals surface area contributed by atoms with E-state index >= 15 is 0 Å². The minimum Gasteiger partial charge on any atom is -0.370 e. The standard InChI is InChI=1S/C18H13F8N5O/c19-16(20,18(24,25)26)9-30-7-10(6-27-30)13-14(17(21,22)23)28-12-3-2-11(29-4-1-5-29)8-31(12)15(13)32/h2-3,6-8H,1,4-5,9H2. The van der Waals surface area contributed by atoms with Crippen LogP contribution in [0.5, 0.6) is 0 Å². The number of halogens is 8. The molecule has 0 aliphatic carbocycles. The van der Waals surface area contributed by atoms with Gasteiger partial charge in [0.05, 0.1) is 17.4 Å². The number of hydrogen-bond donors (Lipinski definition) is 0. The lowest BCUT2D eigenvalue weighted by molar-refractivity contribution is -0.287. The lowest BCUT2D eigenvalue weighted by Crippen LogP contribution is -2.40. The van der Waals surface area contributed by atoms with E-state index in [0.29, 0.717) is 31.2 Å². The molecule has 0 radical (unpaired) electrons. The van der Waals surface area contributed by atoms with Gasteiger partial charge in [0.15, 0.2) is 5.69 Å². The summed E-state index contributed by atoms with van der Waals surface area (Å²) >= 11 is 0. The van der Waals surface area contributed by atoms with Gasteiger partial charge in [-0.3, -0.25) is 13.9 Å². The molecule has 0 unspecified atom stereocenters. The molecule has 3 aromatic heterocycles. The number of rotatable bonds is 4. The molecule has 14 heteroatoms. The summed E-state index contributed by atoms with van der Waals surface area (Å²) in [6.45, 7) is -0.567. The Bertz CT molecular complexity index is 1220. The maximum atomic E-state index is 13.6. The average molecular weight is 467 g/mol. The molecule has 6 nitrogen and oxygen atoms in total. The van der Waals surface area contributed by atoms with Gasteiger partial charge in [-0.15, -0.1) is 0 Å². The van der Waals surface area contributed by atoms with E-state index in [0.717, 1.165) is 10.8 Å². The molecule has 0 saturated carbocycles. The van der Waals surface area contributed by atoms with E-state index in [1.54, 1.807) is 0 Å². The highest BCUT2D eigenvalue weighted by atomic mass is 19.4. The van der Waals surface area contributed by atoms with E-state index < -0.39 is 47.2 Å². The second-order valence-electron chi connectivity index (χ2n) is 7.22. The van der Waals surface area contributed by atoms with Crippen LogP contribution in [0.2, 0.25) is 0 Å². The Kier molecular flexibility index (Phi) is 4.93. The highest BCUT2D eigenvalue weighted by Gasteiger charge is 2.57. The smallest absolute Gasteiger partial charge is 0.370 e. The van der Waals surface area contributed by atoms with Gasteiger partial charge in [0.1, 0.15) is 12.2 Å². The van der Waals surface area contributed by atoms with Crippen molar-refractivity contribution in [3.63, 3.8) is 0 Å². The maximum Gasteiger partial charge on any atom is 0.455 e. The normalized spacial score (nSPS) is 15.3. The molecule has 0 N–H and O–H groups in total. The summed E-state index contributed by atoms with van der Waals surface area (Å²) < 4.78 is 106. The predicted molar refractivity (Wildman–Crippen MR) is 95.5 cm³/mol. The summed E-state index contributed by atoms with van der Waals surface area (Å²) in [5, 5.41) is 3.29. The van der Waals surface area contributed by atoms with Crippen LogP contribution in [0, 0.1) is 0 Å². The highest BCUT2D eigenvalue weighted by molar-refractivity contribution is 5.67. The first-order valence-electron chi connectivity index (χ1n) is 9.14. The van der Waals surface area contributed by atoms with Gasteiger partial charge < -0.3 is 4.90 Å². The van der Waals surface area contributed by atoms with E-state index in [1.165, 1.54) is 18.3 Å². The molecule has 1 aliphatic heterocycles. The van der Waals surface area contributed by atoms with Crippen LogP contribution in [0.15, 0.2) is 35.5 Å². The Morgan fingerprint density at radius 1 is 0.969 bits per heavy atom. The van der Waals surface area contributed by atoms with Crippen molar-refractivity contribution in [1.29, 1.82) is 0 Å². The minimum atomic E-state index is -5.88. The summed E-state index contributed by atoms with van der Waals surface area (Å²) in [6.07, 6.45) is -7.63. The number of nitrogens with zero attached hydrogens (tertiary/aromatic N) is 5. The Balaban J connectivity index is 1.84. The third kappa shape index (κ3) is 3.77. The van der Waals surface area contributed by atoms with Crippen molar-refractivity contribution in [1.82, 2.24) is 19.2 Å². The fraction of sp³-hybridized carbons (Fsp3) is 0.389. The summed E-state index contributed by atoms with van der Waals surface area (Å²) in [6, 6.07) is 2.75. The van der Waals surface area contributed by atoms with Crippen LogP contribution in [-0.4, -0.2) is 44.4 Å². The molecule has 1 fully saturated rings. The molecule has 0 amide bonds. The van der Waals surface area contributed by atoms with Crippen molar-refractivity contribution in [2.75, 3.05) is 18.0 Å². The number of fused-ring (bicyclic) bond motifs is 1. The number of alkyl halides is 8. The molecule has 32 heavy (non-hydrogen) atoms. The van der Waals surface area contributed by atoms with Crippen molar-refractivity contribution >= 4 is 11.3 Å². The Morgan fingerprint density at radius 2 is 1.66 bits per heavy atom. The summed E-state index contributed by atoms with van der Waals surface area (Å²) in [4.78, 5) is 18.4. The lowest BCUT2D eigenvalue weighted by atomic mass is 10.1. The molecule has 0 atom stereocenters. The highest BCUT2D eigenvalue weighted by Crippen LogP contribution is 2.38. The molecular formula is C18H13F8N5O. The molecule has 1 aliphatic rings. The lowest BCUT2D eigenvalue weighted by Gasteiger charge is -2.33. The molecule has 0 spiro atoms. The van der Waals surface area contributed by atoms with E-state index in [9.17, 15) is 39.9 Å². The first-order valence-corrected chi connectivity index (χ1v) is 9.14. The fourth-order valence-corrected chi connectivity index (χ4v) is 3.23. The van der Waals surface area contributed by atoms with Crippen LogP contribution in [0.25, 0.3) is 16.8 Å². The molecule has 4 rings (SSSR count). The van der Waals surface area contributed by atoms with Gasteiger partial charge in [-0.1, -0.05) is 0 Å². The van der Waals surface area contributed by atoms with Crippen LogP contribution in [0.3, 0.4) is 0 Å². The Morgan fingerprint density at radius 3 is 2.22 bits per heavy atom. The van der Waals surface area contributed by atoms with Crippen molar-refractivity contribution in [2.24, 2.45) is 0 Å². The Labute approximate surface area is 173 Å². The largest absolute Gasteiger partial charge is 0.455 e. The number of pyridine rings is 1. The molecule has 0 aromatic carbocycles. The van der Waals surface area contributed by atoms with Crippen molar-refractivity contribution < 1.29 is 35.1 Å². The molecular weight excluding hydrogens is 454 g/mol. The summed E-state index contributed by atoms with van der Waals surface area (Å²) in [5.74, 6) is -5.17. The van der Waals surface area contributed by atoms with Gasteiger partial charge in [0.25, 0.3) is 5.56 Å². The zero-order valence-corrected chi connectivity index (χ0v) is 15.9. The Hall–Kier alpha value is -3.19. The van der Waals surface area contributed by atoms with Crippen LogP contribution >= 0.6 is 0 Å². The second-order valence-corrected chi connectivity index (χ2v) is 7.22. The van der Waals surface area contributed by atoms with Crippen LogP contribution < -0.4 is 10.5 Å². The van der Waals surface area contributed by atoms with Gasteiger partial charge >= 0.3 is 18.3 Å². The molecule has 3 aromatic rings. The number of aromatic nitrogens is 4. The third-order valence-corrected chi connectivity index (χ3v) is 4.99. The molecule has 4 heterocycles. The first kappa shape index (κ1) is 22.0. The van der Waals surface area contributed by atoms with Crippen molar-refractivity contribution in [3.8, 4) is 11.1 Å². The number of anilines is 1. The van der Waals surface area contributed by atoms with Gasteiger partial charge in [0.2, 0.25) is 0 Å². The molecule has 1 saturated heterocycles. The average Bonchev–Trinajstić information content (AvgIpc) is 3.06. The monoisotopic (exact) mass is 467 g/mol. The van der Waals surface area contributed by atoms with Crippen molar-refractivity contribution in [2.45, 2.75) is 31.2 Å². The molecule has 0 bridgehead atoms. The van der Waals surface area contributed by atoms with Gasteiger partial charge in [0, 0.05) is 31.0 Å². The SMILES string of the molecule is O=c1c(-c2cnn(CC(F)(F)C(F)(F)F)c2)c(C(F)(F)F)nc2ccc(N3CCC3)cn12. The van der Waals surface area contributed by atoms with Gasteiger partial charge in [-0.2, -0.15) is 40.2 Å². The second kappa shape index (κ2) is 7.17. The minimum absolute atomic E-state index is 0.133. The van der Waals surface area contributed by atoms with Crippen molar-refractivity contribution in [3.05, 3.63) is 46.8 Å². The topological polar surface area (TPSA) is 55.4 Å². The summed E-state index contributed by atoms with van der Waals surface area (Å²) in [7, 11) is 0. The van der Waals surface area contributed by atoms with Crippen LogP contribution in [0.1, 0.15) is 12.1 Å². The predicted octanol–water partition coefficient (Wildman–Crippen LogP) is 3.98. The van der Waals surface area contributed by atoms with E-state index in [4.69, 9.17) is 0 Å². The van der Waals surface area contributed by atoms with E-state index in [1.807, 2.05) is 4.90 Å². The van der Waals surface area contributed by atoms with Gasteiger partial charge in [-0.25, -0.2) is 4.98 Å². The van der Waals surface area contributed by atoms with Crippen LogP contribution in [-0.2, 0) is 12.7 Å². The van der Waals surface area contributed by atoms with E-state index in [-0.39, 0.29) is 10.3 Å². The zero-order valence-electron chi connectivity index (χ0n) is 15.9. The van der Waals surface area contributed by atoms with Crippen LogP contribution in [0.4, 0.5) is 40.8 Å². The zero-order chi connectivity index (χ0) is 23.5. The number of hydrogen-bond acceptors (Lipinski definition) is 4. The fourth-order valence-electron chi connectivity index (χ4n) is 3.23. The maximum absolute atomic E-state index is 13.6.